The van der Waals surface area contributed by atoms with Gasteiger partial charge in [-0.1, -0.05) is 89.5 Å². The van der Waals surface area contributed by atoms with Crippen LogP contribution in [0.2, 0.25) is 0 Å². The molecule has 1 rings (SSSR count). The minimum absolute atomic E-state index is 0. The molecule has 0 atom stereocenters. The van der Waals surface area contributed by atoms with Crippen LogP contribution in [0.15, 0.2) is 24.3 Å². The largest absolute Gasteiger partial charge is 0.325 e. The van der Waals surface area contributed by atoms with Crippen molar-refractivity contribution in [2.45, 2.75) is 90.9 Å². The Bertz CT molecular complexity index is 556. The van der Waals surface area contributed by atoms with Gasteiger partial charge in [0.1, 0.15) is 0 Å². The molecule has 0 radical (unpaired) electrons. The van der Waals surface area contributed by atoms with E-state index in [0.29, 0.717) is 0 Å². The van der Waals surface area contributed by atoms with Crippen LogP contribution in [-0.2, 0) is 55.9 Å². The fourth-order valence-electron chi connectivity index (χ4n) is 2.88. The summed E-state index contributed by atoms with van der Waals surface area (Å²) in [5.41, 5.74) is 3.22. The van der Waals surface area contributed by atoms with Crippen molar-refractivity contribution in [2.24, 2.45) is 0 Å². The van der Waals surface area contributed by atoms with Gasteiger partial charge < -0.3 is 29.4 Å². The number of hydrogen-bond donors (Lipinski definition) is 6. The Morgan fingerprint density at radius 2 is 0.839 bits per heavy atom. The van der Waals surface area contributed by atoms with Gasteiger partial charge in [-0.25, -0.2) is 0 Å². The van der Waals surface area contributed by atoms with Crippen molar-refractivity contribution in [3.05, 3.63) is 35.4 Å². The van der Waals surface area contributed by atoms with Crippen LogP contribution in [0.25, 0.3) is 0 Å². The van der Waals surface area contributed by atoms with E-state index in [4.69, 9.17) is 29.4 Å². The SMILES string of the molecule is CCCCCCCc1ccccc1CCCCCCC.OP(O)(O)=S.OP(O)(O)=S.[Zn]. The molecule has 1 aromatic carbocycles. The van der Waals surface area contributed by atoms with Crippen molar-refractivity contribution in [3.8, 4) is 0 Å². The van der Waals surface area contributed by atoms with Crippen LogP contribution in [-0.4, -0.2) is 29.4 Å². The van der Waals surface area contributed by atoms with Crippen molar-refractivity contribution in [2.75, 3.05) is 0 Å². The molecule has 11 heteroatoms. The average molecular weight is 568 g/mol. The van der Waals surface area contributed by atoms with Crippen LogP contribution >= 0.6 is 13.4 Å². The summed E-state index contributed by atoms with van der Waals surface area (Å²) in [5.74, 6) is 0. The first-order valence-electron chi connectivity index (χ1n) is 10.5. The number of benzene rings is 1. The summed E-state index contributed by atoms with van der Waals surface area (Å²) >= 11 is 7.21. The molecule has 0 aromatic heterocycles. The average Bonchev–Trinajstić information content (AvgIpc) is 2.59. The van der Waals surface area contributed by atoms with Crippen molar-refractivity contribution >= 4 is 37.1 Å². The third-order valence-electron chi connectivity index (χ3n) is 4.22. The predicted molar refractivity (Wildman–Crippen MR) is 133 cm³/mol. The van der Waals surface area contributed by atoms with E-state index in [-0.39, 0.29) is 19.5 Å². The molecule has 0 fully saturated rings. The van der Waals surface area contributed by atoms with E-state index in [1.807, 2.05) is 0 Å². The molecule has 0 amide bonds. The molecule has 0 spiro atoms. The molecule has 0 saturated heterocycles. The number of rotatable bonds is 12. The van der Waals surface area contributed by atoms with E-state index >= 15 is 0 Å². The Kier molecular flexibility index (Phi) is 26.7. The first-order valence-corrected chi connectivity index (χ1v) is 15.8. The topological polar surface area (TPSA) is 121 Å². The second-order valence-electron chi connectivity index (χ2n) is 7.12. The van der Waals surface area contributed by atoms with Crippen LogP contribution in [0.3, 0.4) is 0 Å². The molecule has 0 aliphatic carbocycles. The normalized spacial score (nSPS) is 10.8. The Balaban J connectivity index is -0.000000595. The fraction of sp³-hybridized carbons (Fsp3) is 0.700. The van der Waals surface area contributed by atoms with E-state index in [1.54, 1.807) is 11.1 Å². The summed E-state index contributed by atoms with van der Waals surface area (Å²) in [6.07, 6.45) is 16.4. The van der Waals surface area contributed by atoms with Gasteiger partial charge in [0, 0.05) is 19.5 Å². The third-order valence-corrected chi connectivity index (χ3v) is 4.22. The van der Waals surface area contributed by atoms with Gasteiger partial charge in [-0.05, 0) is 60.4 Å². The Morgan fingerprint density at radius 3 is 1.10 bits per heavy atom. The van der Waals surface area contributed by atoms with Crippen LogP contribution in [0.1, 0.15) is 89.2 Å². The first kappa shape index (κ1) is 36.5. The second kappa shape index (κ2) is 22.7. The third kappa shape index (κ3) is 38.5. The molecule has 180 valence electrons. The summed E-state index contributed by atoms with van der Waals surface area (Å²) in [6.45, 7) is -3.04. The minimum Gasteiger partial charge on any atom is -0.325 e. The van der Waals surface area contributed by atoms with Crippen molar-refractivity contribution < 1.29 is 48.8 Å². The maximum absolute atomic E-state index is 7.56. The van der Waals surface area contributed by atoms with Gasteiger partial charge in [0.2, 0.25) is 0 Å². The smallest absolute Gasteiger partial charge is 0.319 e. The van der Waals surface area contributed by atoms with Gasteiger partial charge in [0.25, 0.3) is 0 Å². The van der Waals surface area contributed by atoms with E-state index < -0.39 is 13.4 Å². The zero-order chi connectivity index (χ0) is 23.5. The maximum Gasteiger partial charge on any atom is 0.319 e. The standard InChI is InChI=1S/C20H34.2H3O3PS.Zn/c1-3-5-7-9-11-15-19-17-13-14-18-20(19)16-12-10-8-6-4-2;2*1-4(2,3)5;/h13-14,17-18H,3-12,15-16H2,1-2H3;2*(H3,1,2,3,5);. The van der Waals surface area contributed by atoms with Gasteiger partial charge in [0.05, 0.1) is 0 Å². The van der Waals surface area contributed by atoms with E-state index in [1.165, 1.54) is 77.0 Å². The number of unbranched alkanes of at least 4 members (excludes halogenated alkanes) is 8. The van der Waals surface area contributed by atoms with E-state index in [0.717, 1.165) is 0 Å². The summed E-state index contributed by atoms with van der Waals surface area (Å²) in [7, 11) is 0. The molecule has 0 saturated carbocycles. The van der Waals surface area contributed by atoms with Crippen molar-refractivity contribution in [3.63, 3.8) is 0 Å². The Morgan fingerprint density at radius 1 is 0.581 bits per heavy atom. The molecule has 1 aromatic rings. The van der Waals surface area contributed by atoms with Crippen molar-refractivity contribution in [1.29, 1.82) is 0 Å². The summed E-state index contributed by atoms with van der Waals surface area (Å²) in [4.78, 5) is 45.3. The molecular weight excluding hydrogens is 528 g/mol. The fourth-order valence-corrected chi connectivity index (χ4v) is 2.88. The molecule has 0 aliphatic rings. The van der Waals surface area contributed by atoms with Gasteiger partial charge in [-0.2, -0.15) is 0 Å². The quantitative estimate of drug-likeness (QED) is 0.117. The van der Waals surface area contributed by atoms with E-state index in [2.05, 4.69) is 61.7 Å². The summed E-state index contributed by atoms with van der Waals surface area (Å²) in [5, 5.41) is 0. The Labute approximate surface area is 211 Å². The molecular formula is C20H40O6P2S2Zn. The van der Waals surface area contributed by atoms with Crippen LogP contribution in [0, 0.1) is 0 Å². The first-order chi connectivity index (χ1) is 13.9. The molecule has 6 N–H and O–H groups in total. The second-order valence-corrected chi connectivity index (χ2v) is 12.1. The molecule has 6 nitrogen and oxygen atoms in total. The van der Waals surface area contributed by atoms with Crippen molar-refractivity contribution in [1.82, 2.24) is 0 Å². The van der Waals surface area contributed by atoms with Gasteiger partial charge in [-0.3, -0.25) is 0 Å². The Hall–Kier alpha value is 0.903. The van der Waals surface area contributed by atoms with E-state index in [9.17, 15) is 0 Å². The van der Waals surface area contributed by atoms with Crippen LogP contribution < -0.4 is 0 Å². The van der Waals surface area contributed by atoms with Crippen LogP contribution in [0.4, 0.5) is 0 Å². The van der Waals surface area contributed by atoms with Gasteiger partial charge >= 0.3 is 13.4 Å². The maximum atomic E-state index is 7.56. The number of aryl methyl sites for hydroxylation is 2. The molecule has 0 heterocycles. The minimum atomic E-state index is -3.81. The molecule has 31 heavy (non-hydrogen) atoms. The van der Waals surface area contributed by atoms with Gasteiger partial charge in [0.15, 0.2) is 0 Å². The monoisotopic (exact) mass is 566 g/mol. The van der Waals surface area contributed by atoms with Gasteiger partial charge in [-0.15, -0.1) is 0 Å². The zero-order valence-corrected chi connectivity index (χ0v) is 25.3. The zero-order valence-electron chi connectivity index (χ0n) is 18.9. The summed E-state index contributed by atoms with van der Waals surface area (Å²) < 4.78 is 0. The molecule has 0 unspecified atom stereocenters. The molecule has 0 aliphatic heterocycles. The summed E-state index contributed by atoms with van der Waals surface area (Å²) in [6, 6.07) is 9.12. The number of hydrogen-bond acceptors (Lipinski definition) is 2. The molecule has 0 bridgehead atoms. The predicted octanol–water partition coefficient (Wildman–Crippen LogP) is 5.09. The van der Waals surface area contributed by atoms with Crippen LogP contribution in [0.5, 0.6) is 0 Å².